The molecule has 0 aromatic heterocycles. The Balaban J connectivity index is 2.37. The molecule has 1 aliphatic carbocycles. The van der Waals surface area contributed by atoms with Crippen molar-refractivity contribution in [2.45, 2.75) is 83.9 Å². The van der Waals surface area contributed by atoms with Gasteiger partial charge in [-0.15, -0.1) is 0 Å². The highest BCUT2D eigenvalue weighted by atomic mass is 16.3. The van der Waals surface area contributed by atoms with E-state index >= 15 is 0 Å². The van der Waals surface area contributed by atoms with E-state index in [1.165, 1.54) is 6.42 Å². The van der Waals surface area contributed by atoms with Crippen molar-refractivity contribution in [2.24, 2.45) is 5.92 Å². The minimum absolute atomic E-state index is 0.0108. The summed E-state index contributed by atoms with van der Waals surface area (Å²) in [4.78, 5) is 12.0. The van der Waals surface area contributed by atoms with Crippen molar-refractivity contribution in [3.8, 4) is 0 Å². The maximum atomic E-state index is 12.0. The maximum Gasteiger partial charge on any atom is 0.237 e. The van der Waals surface area contributed by atoms with Crippen LogP contribution in [0.5, 0.6) is 0 Å². The zero-order valence-corrected chi connectivity index (χ0v) is 13.8. The summed E-state index contributed by atoms with van der Waals surface area (Å²) in [7, 11) is 0. The Morgan fingerprint density at radius 1 is 1.35 bits per heavy atom. The van der Waals surface area contributed by atoms with Crippen LogP contribution < -0.4 is 10.6 Å². The van der Waals surface area contributed by atoms with Gasteiger partial charge in [-0.25, -0.2) is 0 Å². The number of nitrogens with one attached hydrogen (secondary N) is 2. The lowest BCUT2D eigenvalue weighted by Crippen LogP contribution is -2.53. The number of hydrogen-bond acceptors (Lipinski definition) is 3. The number of carbonyl (C=O) groups is 1. The lowest BCUT2D eigenvalue weighted by Gasteiger charge is -2.36. The van der Waals surface area contributed by atoms with Gasteiger partial charge in [-0.1, -0.05) is 13.3 Å². The summed E-state index contributed by atoms with van der Waals surface area (Å²) in [5, 5.41) is 16.7. The van der Waals surface area contributed by atoms with E-state index < -0.39 is 5.60 Å². The van der Waals surface area contributed by atoms with Crippen molar-refractivity contribution in [1.82, 2.24) is 10.6 Å². The van der Waals surface area contributed by atoms with Gasteiger partial charge in [0.25, 0.3) is 0 Å². The average Bonchev–Trinajstić information content (AvgIpc) is 2.35. The van der Waals surface area contributed by atoms with E-state index in [2.05, 4.69) is 17.6 Å². The van der Waals surface area contributed by atoms with Gasteiger partial charge in [0.05, 0.1) is 11.6 Å². The minimum atomic E-state index is -0.637. The van der Waals surface area contributed by atoms with E-state index in [9.17, 15) is 9.90 Å². The second kappa shape index (κ2) is 6.90. The number of rotatable bonds is 5. The van der Waals surface area contributed by atoms with Crippen LogP contribution in [0.15, 0.2) is 0 Å². The zero-order chi connectivity index (χ0) is 15.4. The molecule has 4 nitrogen and oxygen atoms in total. The second-order valence-corrected chi connectivity index (χ2v) is 7.42. The van der Waals surface area contributed by atoms with Gasteiger partial charge in [0.2, 0.25) is 5.91 Å². The van der Waals surface area contributed by atoms with E-state index in [-0.39, 0.29) is 17.5 Å². The van der Waals surface area contributed by atoms with Gasteiger partial charge >= 0.3 is 0 Å². The third kappa shape index (κ3) is 5.80. The van der Waals surface area contributed by atoms with Gasteiger partial charge in [-0.3, -0.25) is 4.79 Å². The Bertz CT molecular complexity index is 315. The molecular weight excluding hydrogens is 252 g/mol. The van der Waals surface area contributed by atoms with Gasteiger partial charge in [0.15, 0.2) is 0 Å². The molecule has 1 unspecified atom stereocenters. The summed E-state index contributed by atoms with van der Waals surface area (Å²) in [5.74, 6) is 0.750. The zero-order valence-electron chi connectivity index (χ0n) is 13.8. The lowest BCUT2D eigenvalue weighted by molar-refractivity contribution is -0.124. The average molecular weight is 284 g/mol. The summed E-state index contributed by atoms with van der Waals surface area (Å²) in [6.45, 7) is 10.5. The molecule has 118 valence electrons. The fraction of sp³-hybridized carbons (Fsp3) is 0.938. The molecule has 1 saturated carbocycles. The molecule has 4 heteroatoms. The predicted molar refractivity (Wildman–Crippen MR) is 82.6 cm³/mol. The molecule has 0 bridgehead atoms. The first kappa shape index (κ1) is 17.4. The van der Waals surface area contributed by atoms with Crippen LogP contribution >= 0.6 is 0 Å². The Kier molecular flexibility index (Phi) is 6.02. The van der Waals surface area contributed by atoms with E-state index in [1.807, 2.05) is 27.7 Å². The molecule has 20 heavy (non-hydrogen) atoms. The van der Waals surface area contributed by atoms with Crippen LogP contribution in [-0.2, 0) is 4.79 Å². The van der Waals surface area contributed by atoms with Crippen LogP contribution in [0.2, 0.25) is 0 Å². The Morgan fingerprint density at radius 3 is 2.35 bits per heavy atom. The molecule has 1 amide bonds. The van der Waals surface area contributed by atoms with Crippen molar-refractivity contribution in [2.75, 3.05) is 6.54 Å². The van der Waals surface area contributed by atoms with Crippen LogP contribution in [0.3, 0.4) is 0 Å². The van der Waals surface area contributed by atoms with E-state index in [4.69, 9.17) is 0 Å². The third-order valence-corrected chi connectivity index (χ3v) is 4.24. The number of amides is 1. The van der Waals surface area contributed by atoms with Crippen molar-refractivity contribution < 1.29 is 9.90 Å². The smallest absolute Gasteiger partial charge is 0.237 e. The van der Waals surface area contributed by atoms with Crippen LogP contribution in [0.25, 0.3) is 0 Å². The van der Waals surface area contributed by atoms with Gasteiger partial charge in [-0.2, -0.15) is 0 Å². The Labute approximate surface area is 123 Å². The summed E-state index contributed by atoms with van der Waals surface area (Å²) in [5.41, 5.74) is -0.856. The van der Waals surface area contributed by atoms with Gasteiger partial charge in [0.1, 0.15) is 0 Å². The quantitative estimate of drug-likeness (QED) is 0.725. The number of carbonyl (C=O) groups excluding carboxylic acids is 1. The highest BCUT2D eigenvalue weighted by molar-refractivity contribution is 5.81. The Hall–Kier alpha value is -0.610. The van der Waals surface area contributed by atoms with Crippen LogP contribution in [0.4, 0.5) is 0 Å². The van der Waals surface area contributed by atoms with Crippen molar-refractivity contribution in [3.05, 3.63) is 0 Å². The summed E-state index contributed by atoms with van der Waals surface area (Å²) >= 11 is 0. The van der Waals surface area contributed by atoms with Gasteiger partial charge in [0, 0.05) is 12.1 Å². The number of hydrogen-bond donors (Lipinski definition) is 3. The monoisotopic (exact) mass is 284 g/mol. The highest BCUT2D eigenvalue weighted by Crippen LogP contribution is 2.33. The highest BCUT2D eigenvalue weighted by Gasteiger charge is 2.33. The van der Waals surface area contributed by atoms with E-state index in [0.29, 0.717) is 6.54 Å². The molecule has 0 aromatic carbocycles. The molecule has 0 radical (unpaired) electrons. The molecule has 0 saturated heterocycles. The molecule has 0 heterocycles. The Morgan fingerprint density at radius 2 is 1.90 bits per heavy atom. The van der Waals surface area contributed by atoms with E-state index in [1.54, 1.807) is 0 Å². The van der Waals surface area contributed by atoms with Gasteiger partial charge < -0.3 is 15.7 Å². The van der Waals surface area contributed by atoms with Crippen LogP contribution in [-0.4, -0.2) is 34.7 Å². The molecular formula is C16H32N2O2. The molecule has 0 spiro atoms. The maximum absolute atomic E-state index is 12.0. The topological polar surface area (TPSA) is 61.4 Å². The van der Waals surface area contributed by atoms with Crippen LogP contribution in [0.1, 0.15) is 66.7 Å². The fourth-order valence-electron chi connectivity index (χ4n) is 2.71. The van der Waals surface area contributed by atoms with Crippen molar-refractivity contribution in [1.29, 1.82) is 0 Å². The van der Waals surface area contributed by atoms with E-state index in [0.717, 1.165) is 31.6 Å². The second-order valence-electron chi connectivity index (χ2n) is 7.42. The molecule has 0 aliphatic heterocycles. The fourth-order valence-corrected chi connectivity index (χ4v) is 2.71. The minimum Gasteiger partial charge on any atom is -0.389 e. The number of aliphatic hydroxyl groups is 1. The SMILES string of the molecule is CCC1CCC(O)(CNC(C)C(=O)NC(C)(C)C)CC1. The van der Waals surface area contributed by atoms with Crippen molar-refractivity contribution in [3.63, 3.8) is 0 Å². The first-order chi connectivity index (χ1) is 9.15. The normalized spacial score (nSPS) is 29.0. The summed E-state index contributed by atoms with van der Waals surface area (Å²) < 4.78 is 0. The summed E-state index contributed by atoms with van der Waals surface area (Å²) in [6.07, 6.45) is 5.07. The summed E-state index contributed by atoms with van der Waals surface area (Å²) in [6, 6.07) is -0.276. The molecule has 1 atom stereocenters. The first-order valence-corrected chi connectivity index (χ1v) is 7.93. The predicted octanol–water partition coefficient (Wildman–Crippen LogP) is 2.21. The largest absolute Gasteiger partial charge is 0.389 e. The molecule has 1 rings (SSSR count). The molecule has 0 aromatic rings. The van der Waals surface area contributed by atoms with Gasteiger partial charge in [-0.05, 0) is 59.3 Å². The molecule has 1 aliphatic rings. The van der Waals surface area contributed by atoms with Crippen LogP contribution in [0, 0.1) is 5.92 Å². The lowest BCUT2D eigenvalue weighted by atomic mass is 9.78. The molecule has 3 N–H and O–H groups in total. The standard InChI is InChI=1S/C16H32N2O2/c1-6-13-7-9-16(20,10-8-13)11-17-12(2)14(19)18-15(3,4)5/h12-13,17,20H,6-11H2,1-5H3,(H,18,19). The van der Waals surface area contributed by atoms with Crippen molar-refractivity contribution >= 4 is 5.91 Å². The third-order valence-electron chi connectivity index (χ3n) is 4.24. The molecule has 1 fully saturated rings. The first-order valence-electron chi connectivity index (χ1n) is 7.93.